The van der Waals surface area contributed by atoms with Gasteiger partial charge < -0.3 is 15.2 Å². The third-order valence-electron chi connectivity index (χ3n) is 4.32. The van der Waals surface area contributed by atoms with E-state index >= 15 is 0 Å². The van der Waals surface area contributed by atoms with Gasteiger partial charge in [0.25, 0.3) is 0 Å². The van der Waals surface area contributed by atoms with Crippen LogP contribution in [0.25, 0.3) is 0 Å². The average Bonchev–Trinajstić information content (AvgIpc) is 2.79. The van der Waals surface area contributed by atoms with Gasteiger partial charge in [-0.25, -0.2) is 4.79 Å². The molecule has 4 fully saturated rings. The van der Waals surface area contributed by atoms with Crippen LogP contribution < -0.4 is 5.73 Å². The fourth-order valence-corrected chi connectivity index (χ4v) is 3.65. The van der Waals surface area contributed by atoms with E-state index in [0.29, 0.717) is 11.8 Å². The second kappa shape index (κ2) is 3.48. The predicted octanol–water partition coefficient (Wildman–Crippen LogP) is 0.200. The van der Waals surface area contributed by atoms with Crippen molar-refractivity contribution in [2.45, 2.75) is 18.9 Å². The molecular weight excluding hydrogens is 222 g/mol. The Morgan fingerprint density at radius 2 is 2.29 bits per heavy atom. The summed E-state index contributed by atoms with van der Waals surface area (Å²) in [6.45, 7) is 3.58. The molecule has 92 valence electrons. The molecule has 4 bridgehead atoms. The summed E-state index contributed by atoms with van der Waals surface area (Å²) in [5.41, 5.74) is 5.14. The van der Waals surface area contributed by atoms with E-state index in [1.54, 1.807) is 0 Å². The Kier molecular flexibility index (Phi) is 2.18. The molecule has 2 N–H and O–H groups in total. The zero-order chi connectivity index (χ0) is 12.2. The highest BCUT2D eigenvalue weighted by Crippen LogP contribution is 2.57. The maximum Gasteiger partial charge on any atom is 0.353 e. The van der Waals surface area contributed by atoms with E-state index in [-0.39, 0.29) is 36.2 Å². The Bertz CT molecular complexity index is 405. The Hall–Kier alpha value is -1.52. The molecule has 17 heavy (non-hydrogen) atoms. The number of fused-ring (bicyclic) bond motifs is 1. The number of esters is 2. The molecule has 0 spiro atoms. The predicted molar refractivity (Wildman–Crippen MR) is 57.4 cm³/mol. The van der Waals surface area contributed by atoms with Crippen LogP contribution in [0.5, 0.6) is 0 Å². The first-order chi connectivity index (χ1) is 8.08. The molecule has 4 rings (SSSR count). The number of nitrogens with two attached hydrogens (primary N) is 1. The molecule has 5 unspecified atom stereocenters. The fourth-order valence-electron chi connectivity index (χ4n) is 3.65. The summed E-state index contributed by atoms with van der Waals surface area (Å²) < 4.78 is 10.4. The van der Waals surface area contributed by atoms with Gasteiger partial charge in [-0.15, -0.1) is 0 Å². The minimum atomic E-state index is -0.586. The van der Waals surface area contributed by atoms with Crippen molar-refractivity contribution in [3.8, 4) is 0 Å². The molecule has 0 amide bonds. The van der Waals surface area contributed by atoms with Gasteiger partial charge in [0.05, 0.1) is 12.5 Å². The molecule has 0 aromatic rings. The zero-order valence-corrected chi connectivity index (χ0v) is 9.43. The lowest BCUT2D eigenvalue weighted by atomic mass is 9.76. The van der Waals surface area contributed by atoms with Gasteiger partial charge in [-0.2, -0.15) is 0 Å². The van der Waals surface area contributed by atoms with Gasteiger partial charge in [-0.1, -0.05) is 6.58 Å². The molecule has 0 radical (unpaired) electrons. The van der Waals surface area contributed by atoms with Crippen LogP contribution >= 0.6 is 0 Å². The summed E-state index contributed by atoms with van der Waals surface area (Å²) in [5.74, 6) is 0.120. The van der Waals surface area contributed by atoms with Crippen LogP contribution in [0, 0.1) is 23.7 Å². The quantitative estimate of drug-likeness (QED) is 0.560. The first-order valence-electron chi connectivity index (χ1n) is 5.90. The van der Waals surface area contributed by atoms with E-state index in [1.165, 1.54) is 0 Å². The lowest BCUT2D eigenvalue weighted by Gasteiger charge is -2.40. The minimum absolute atomic E-state index is 0.0438. The normalized spacial score (nSPS) is 41.4. The smallest absolute Gasteiger partial charge is 0.353 e. The molecule has 2 saturated carbocycles. The second-order valence-corrected chi connectivity index (χ2v) is 5.18. The maximum atomic E-state index is 11.7. The SMILES string of the molecule is C=C(N)C(=O)OCC1C2CC3CC2OC(=O)C31. The Labute approximate surface area is 98.9 Å². The largest absolute Gasteiger partial charge is 0.462 e. The van der Waals surface area contributed by atoms with Crippen molar-refractivity contribution in [3.05, 3.63) is 12.3 Å². The van der Waals surface area contributed by atoms with Gasteiger partial charge in [0.1, 0.15) is 11.8 Å². The molecule has 4 aliphatic rings. The number of rotatable bonds is 3. The maximum absolute atomic E-state index is 11.7. The van der Waals surface area contributed by atoms with Gasteiger partial charge in [0.2, 0.25) is 0 Å². The van der Waals surface area contributed by atoms with Crippen LogP contribution in [0.3, 0.4) is 0 Å². The third kappa shape index (κ3) is 1.45. The summed E-state index contributed by atoms with van der Waals surface area (Å²) >= 11 is 0. The van der Waals surface area contributed by atoms with Gasteiger partial charge in [0.15, 0.2) is 0 Å². The number of carbonyl (C=O) groups excluding carboxylic acids is 2. The van der Waals surface area contributed by atoms with E-state index in [9.17, 15) is 9.59 Å². The third-order valence-corrected chi connectivity index (χ3v) is 4.32. The molecule has 2 aliphatic carbocycles. The molecule has 2 saturated heterocycles. The fraction of sp³-hybridized carbons (Fsp3) is 0.667. The van der Waals surface area contributed by atoms with E-state index < -0.39 is 5.97 Å². The average molecular weight is 237 g/mol. The second-order valence-electron chi connectivity index (χ2n) is 5.18. The number of hydrogen-bond acceptors (Lipinski definition) is 5. The van der Waals surface area contributed by atoms with Crippen molar-refractivity contribution >= 4 is 11.9 Å². The van der Waals surface area contributed by atoms with Crippen molar-refractivity contribution in [1.29, 1.82) is 0 Å². The van der Waals surface area contributed by atoms with E-state index in [4.69, 9.17) is 15.2 Å². The van der Waals surface area contributed by atoms with Crippen LogP contribution in [0.2, 0.25) is 0 Å². The summed E-state index contributed by atoms with van der Waals surface area (Å²) in [6, 6.07) is 0. The number of carbonyl (C=O) groups is 2. The first kappa shape index (κ1) is 10.6. The van der Waals surface area contributed by atoms with Gasteiger partial charge in [-0.3, -0.25) is 4.79 Å². The monoisotopic (exact) mass is 237 g/mol. The minimum Gasteiger partial charge on any atom is -0.462 e. The van der Waals surface area contributed by atoms with Crippen molar-refractivity contribution < 1.29 is 19.1 Å². The van der Waals surface area contributed by atoms with E-state index in [2.05, 4.69) is 6.58 Å². The topological polar surface area (TPSA) is 78.6 Å². The van der Waals surface area contributed by atoms with E-state index in [0.717, 1.165) is 12.8 Å². The van der Waals surface area contributed by atoms with Crippen LogP contribution in [-0.2, 0) is 19.1 Å². The summed E-state index contributed by atoms with van der Waals surface area (Å²) in [5, 5.41) is 0. The summed E-state index contributed by atoms with van der Waals surface area (Å²) in [4.78, 5) is 22.9. The summed E-state index contributed by atoms with van der Waals surface area (Å²) in [6.07, 6.45) is 2.05. The molecule has 5 atom stereocenters. The van der Waals surface area contributed by atoms with Crippen LogP contribution in [0.1, 0.15) is 12.8 Å². The molecule has 5 heteroatoms. The Balaban J connectivity index is 1.68. The van der Waals surface area contributed by atoms with Crippen molar-refractivity contribution in [2.24, 2.45) is 29.4 Å². The Morgan fingerprint density at radius 3 is 2.94 bits per heavy atom. The first-order valence-corrected chi connectivity index (χ1v) is 5.90. The van der Waals surface area contributed by atoms with Crippen LogP contribution in [0.15, 0.2) is 12.3 Å². The lowest BCUT2D eigenvalue weighted by Crippen LogP contribution is -2.47. The van der Waals surface area contributed by atoms with Crippen LogP contribution in [0.4, 0.5) is 0 Å². The molecule has 0 aromatic heterocycles. The summed E-state index contributed by atoms with van der Waals surface area (Å²) in [7, 11) is 0. The van der Waals surface area contributed by atoms with Gasteiger partial charge in [-0.05, 0) is 18.8 Å². The molecule has 5 nitrogen and oxygen atoms in total. The highest BCUT2D eigenvalue weighted by Gasteiger charge is 2.61. The van der Waals surface area contributed by atoms with Crippen LogP contribution in [-0.4, -0.2) is 24.6 Å². The number of hydrogen-bond donors (Lipinski definition) is 1. The highest BCUT2D eigenvalue weighted by molar-refractivity contribution is 5.86. The standard InChI is InChI=1S/C12H15NO4/c1-5(13)11(14)16-4-8-7-2-6-3-9(7)17-12(15)10(6)8/h6-10H,1-4,13H2. The van der Waals surface area contributed by atoms with Crippen molar-refractivity contribution in [2.75, 3.05) is 6.61 Å². The van der Waals surface area contributed by atoms with Gasteiger partial charge >= 0.3 is 11.9 Å². The molecule has 0 aromatic carbocycles. The molecule has 2 heterocycles. The Morgan fingerprint density at radius 1 is 1.53 bits per heavy atom. The molecular formula is C12H15NO4. The molecule has 2 aliphatic heterocycles. The van der Waals surface area contributed by atoms with E-state index in [1.807, 2.05) is 0 Å². The number of ether oxygens (including phenoxy) is 2. The van der Waals surface area contributed by atoms with Crippen molar-refractivity contribution in [3.63, 3.8) is 0 Å². The lowest BCUT2D eigenvalue weighted by molar-refractivity contribution is -0.181. The highest BCUT2D eigenvalue weighted by atomic mass is 16.6. The van der Waals surface area contributed by atoms with Crippen molar-refractivity contribution in [1.82, 2.24) is 0 Å². The van der Waals surface area contributed by atoms with Gasteiger partial charge in [0, 0.05) is 11.8 Å². The zero-order valence-electron chi connectivity index (χ0n) is 9.43.